The molecule has 0 spiro atoms. The van der Waals surface area contributed by atoms with Gasteiger partial charge in [-0.25, -0.2) is 0 Å². The Labute approximate surface area is 97.0 Å². The molecule has 0 bridgehead atoms. The first-order valence-corrected chi connectivity index (χ1v) is 5.60. The summed E-state index contributed by atoms with van der Waals surface area (Å²) < 4.78 is 10.6. The number of unbranched alkanes of at least 4 members (excludes halogenated alkanes) is 1. The van der Waals surface area contributed by atoms with Gasteiger partial charge in [0.25, 0.3) is 0 Å². The van der Waals surface area contributed by atoms with E-state index < -0.39 is 0 Å². The molecule has 0 radical (unpaired) electrons. The van der Waals surface area contributed by atoms with E-state index in [1.165, 1.54) is 0 Å². The van der Waals surface area contributed by atoms with Crippen molar-refractivity contribution in [1.29, 1.82) is 0 Å². The predicted octanol–water partition coefficient (Wildman–Crippen LogP) is 2.29. The van der Waals surface area contributed by atoms with Crippen LogP contribution in [-0.2, 0) is 11.3 Å². The fourth-order valence-corrected chi connectivity index (χ4v) is 1.50. The number of aliphatic hydroxyl groups is 1. The second-order valence-corrected chi connectivity index (χ2v) is 3.82. The highest BCUT2D eigenvalue weighted by Gasteiger charge is 2.02. The van der Waals surface area contributed by atoms with Crippen LogP contribution in [0.1, 0.15) is 24.0 Å². The van der Waals surface area contributed by atoms with Crippen LogP contribution < -0.4 is 4.74 Å². The summed E-state index contributed by atoms with van der Waals surface area (Å²) in [4.78, 5) is 0. The van der Waals surface area contributed by atoms with E-state index in [2.05, 4.69) is 0 Å². The summed E-state index contributed by atoms with van der Waals surface area (Å²) in [5.41, 5.74) is 1.99. The van der Waals surface area contributed by atoms with Gasteiger partial charge < -0.3 is 14.6 Å². The number of hydrogen-bond acceptors (Lipinski definition) is 3. The van der Waals surface area contributed by atoms with Crippen LogP contribution in [0.2, 0.25) is 0 Å². The van der Waals surface area contributed by atoms with Crippen LogP contribution in [-0.4, -0.2) is 25.4 Å². The summed E-state index contributed by atoms with van der Waals surface area (Å²) in [5.74, 6) is 0.783. The van der Waals surface area contributed by atoms with Gasteiger partial charge in [-0.3, -0.25) is 0 Å². The van der Waals surface area contributed by atoms with Crippen molar-refractivity contribution in [2.24, 2.45) is 0 Å². The summed E-state index contributed by atoms with van der Waals surface area (Å²) in [6.07, 6.45) is 1.96. The minimum atomic E-state index is 0.0229. The lowest BCUT2D eigenvalue weighted by Gasteiger charge is -2.10. The third-order valence-electron chi connectivity index (χ3n) is 2.39. The van der Waals surface area contributed by atoms with Crippen LogP contribution in [0.3, 0.4) is 0 Å². The molecular formula is C13H20O3. The average molecular weight is 224 g/mol. The molecule has 1 aromatic rings. The summed E-state index contributed by atoms with van der Waals surface area (Å²) >= 11 is 0. The van der Waals surface area contributed by atoms with Gasteiger partial charge in [0.1, 0.15) is 5.75 Å². The van der Waals surface area contributed by atoms with Crippen molar-refractivity contribution in [3.8, 4) is 5.75 Å². The average Bonchev–Trinajstić information content (AvgIpc) is 2.30. The highest BCUT2D eigenvalue weighted by atomic mass is 16.5. The standard InChI is InChI=1S/C13H20O3/c1-11-5-6-13(12(9-11)10-14)16-8-4-3-7-15-2/h5-6,9,14H,3-4,7-8,10H2,1-2H3. The molecule has 1 rings (SSSR count). The summed E-state index contributed by atoms with van der Waals surface area (Å²) in [7, 11) is 1.70. The lowest BCUT2D eigenvalue weighted by molar-refractivity contribution is 0.183. The molecule has 3 nitrogen and oxygen atoms in total. The van der Waals surface area contributed by atoms with Gasteiger partial charge in [0.15, 0.2) is 0 Å². The van der Waals surface area contributed by atoms with Crippen molar-refractivity contribution in [1.82, 2.24) is 0 Å². The predicted molar refractivity (Wildman–Crippen MR) is 63.7 cm³/mol. The van der Waals surface area contributed by atoms with Gasteiger partial charge >= 0.3 is 0 Å². The van der Waals surface area contributed by atoms with E-state index >= 15 is 0 Å². The second kappa shape index (κ2) is 7.25. The molecule has 3 heteroatoms. The molecule has 0 saturated carbocycles. The molecule has 0 aliphatic rings. The Morgan fingerprint density at radius 1 is 1.19 bits per heavy atom. The Morgan fingerprint density at radius 2 is 1.94 bits per heavy atom. The molecule has 0 unspecified atom stereocenters. The number of benzene rings is 1. The number of ether oxygens (including phenoxy) is 2. The van der Waals surface area contributed by atoms with Crippen LogP contribution in [0.5, 0.6) is 5.75 Å². The van der Waals surface area contributed by atoms with Crippen LogP contribution in [0.4, 0.5) is 0 Å². The summed E-state index contributed by atoms with van der Waals surface area (Å²) in [6.45, 7) is 3.46. The number of methoxy groups -OCH3 is 1. The Morgan fingerprint density at radius 3 is 2.62 bits per heavy atom. The highest BCUT2D eigenvalue weighted by molar-refractivity contribution is 5.36. The van der Waals surface area contributed by atoms with E-state index in [0.717, 1.165) is 36.3 Å². The molecule has 0 amide bonds. The Kier molecular flexibility index (Phi) is 5.90. The molecule has 16 heavy (non-hydrogen) atoms. The highest BCUT2D eigenvalue weighted by Crippen LogP contribution is 2.20. The molecule has 1 N–H and O–H groups in total. The topological polar surface area (TPSA) is 38.7 Å². The van der Waals surface area contributed by atoms with Crippen LogP contribution in [0.15, 0.2) is 18.2 Å². The van der Waals surface area contributed by atoms with Gasteiger partial charge in [-0.1, -0.05) is 17.7 Å². The smallest absolute Gasteiger partial charge is 0.124 e. The van der Waals surface area contributed by atoms with Gasteiger partial charge in [-0.15, -0.1) is 0 Å². The molecule has 0 aliphatic heterocycles. The van der Waals surface area contributed by atoms with Gasteiger partial charge in [0.2, 0.25) is 0 Å². The van der Waals surface area contributed by atoms with Crippen LogP contribution >= 0.6 is 0 Å². The van der Waals surface area contributed by atoms with Crippen LogP contribution in [0.25, 0.3) is 0 Å². The Balaban J connectivity index is 2.41. The maximum Gasteiger partial charge on any atom is 0.124 e. The fourth-order valence-electron chi connectivity index (χ4n) is 1.50. The first kappa shape index (κ1) is 13.0. The first-order valence-electron chi connectivity index (χ1n) is 5.60. The number of rotatable bonds is 7. The minimum absolute atomic E-state index is 0.0229. The van der Waals surface area contributed by atoms with Gasteiger partial charge in [-0.2, -0.15) is 0 Å². The van der Waals surface area contributed by atoms with E-state index in [1.54, 1.807) is 7.11 Å². The van der Waals surface area contributed by atoms with Gasteiger partial charge in [0.05, 0.1) is 13.2 Å². The zero-order valence-corrected chi connectivity index (χ0v) is 10.0. The van der Waals surface area contributed by atoms with E-state index in [9.17, 15) is 5.11 Å². The van der Waals surface area contributed by atoms with Gasteiger partial charge in [0, 0.05) is 19.3 Å². The molecule has 90 valence electrons. The van der Waals surface area contributed by atoms with Crippen molar-refractivity contribution >= 4 is 0 Å². The maximum absolute atomic E-state index is 9.18. The molecule has 0 aromatic heterocycles. The van der Waals surface area contributed by atoms with Gasteiger partial charge in [-0.05, 0) is 25.8 Å². The van der Waals surface area contributed by atoms with E-state index in [-0.39, 0.29) is 6.61 Å². The lowest BCUT2D eigenvalue weighted by atomic mass is 10.1. The Hall–Kier alpha value is -1.06. The molecule has 1 aromatic carbocycles. The largest absolute Gasteiger partial charge is 0.493 e. The van der Waals surface area contributed by atoms with E-state index in [1.807, 2.05) is 25.1 Å². The summed E-state index contributed by atoms with van der Waals surface area (Å²) in [5, 5.41) is 9.18. The molecular weight excluding hydrogens is 204 g/mol. The van der Waals surface area contributed by atoms with Crippen LogP contribution in [0, 0.1) is 6.92 Å². The number of aryl methyl sites for hydroxylation is 1. The fraction of sp³-hybridized carbons (Fsp3) is 0.538. The zero-order chi connectivity index (χ0) is 11.8. The first-order chi connectivity index (χ1) is 7.77. The lowest BCUT2D eigenvalue weighted by Crippen LogP contribution is -2.02. The third kappa shape index (κ3) is 4.21. The molecule has 0 heterocycles. The molecule has 0 aliphatic carbocycles. The summed E-state index contributed by atoms with van der Waals surface area (Å²) in [6, 6.07) is 5.85. The molecule has 0 fully saturated rings. The monoisotopic (exact) mass is 224 g/mol. The molecule has 0 atom stereocenters. The Bertz CT molecular complexity index is 310. The number of hydrogen-bond donors (Lipinski definition) is 1. The minimum Gasteiger partial charge on any atom is -0.493 e. The van der Waals surface area contributed by atoms with E-state index in [4.69, 9.17) is 9.47 Å². The molecule has 0 saturated heterocycles. The number of aliphatic hydroxyl groups excluding tert-OH is 1. The maximum atomic E-state index is 9.18. The normalized spacial score (nSPS) is 10.4. The third-order valence-corrected chi connectivity index (χ3v) is 2.39. The SMILES string of the molecule is COCCCCOc1ccc(C)cc1CO. The van der Waals surface area contributed by atoms with E-state index in [0.29, 0.717) is 6.61 Å². The van der Waals surface area contributed by atoms with Crippen molar-refractivity contribution in [3.63, 3.8) is 0 Å². The van der Waals surface area contributed by atoms with Crippen molar-refractivity contribution in [2.45, 2.75) is 26.4 Å². The zero-order valence-electron chi connectivity index (χ0n) is 10.0. The quantitative estimate of drug-likeness (QED) is 0.722. The van der Waals surface area contributed by atoms with Crippen molar-refractivity contribution < 1.29 is 14.6 Å². The second-order valence-electron chi connectivity index (χ2n) is 3.82. The van der Waals surface area contributed by atoms with Crippen molar-refractivity contribution in [2.75, 3.05) is 20.3 Å². The van der Waals surface area contributed by atoms with Crippen molar-refractivity contribution in [3.05, 3.63) is 29.3 Å².